The number of hydrogen-bond acceptors (Lipinski definition) is 3. The summed E-state index contributed by atoms with van der Waals surface area (Å²) in [5.74, 6) is -0.969. The number of aromatic carboxylic acids is 1. The normalized spacial score (nSPS) is 18.1. The second-order valence-corrected chi connectivity index (χ2v) is 4.83. The van der Waals surface area contributed by atoms with Gasteiger partial charge in [-0.3, -0.25) is 0 Å². The van der Waals surface area contributed by atoms with Crippen LogP contribution < -0.4 is 5.32 Å². The molecule has 0 aliphatic carbocycles. The average molecular weight is 278 g/mol. The number of nitrogens with zero attached hydrogens (tertiary/aromatic N) is 1. The van der Waals surface area contributed by atoms with E-state index in [2.05, 4.69) is 5.32 Å². The number of carbonyl (C=O) groups excluding carboxylic acids is 1. The fourth-order valence-electron chi connectivity index (χ4n) is 2.34. The number of nitrogens with one attached hydrogen (secondary N) is 1. The van der Waals surface area contributed by atoms with Crippen LogP contribution in [0, 0.1) is 0 Å². The summed E-state index contributed by atoms with van der Waals surface area (Å²) in [7, 11) is 0. The van der Waals surface area contributed by atoms with Gasteiger partial charge in [0.15, 0.2) is 0 Å². The van der Waals surface area contributed by atoms with Gasteiger partial charge in [0.05, 0.1) is 18.2 Å². The summed E-state index contributed by atoms with van der Waals surface area (Å²) in [5.41, 5.74) is 1.06. The van der Waals surface area contributed by atoms with E-state index >= 15 is 0 Å². The molecule has 108 valence electrons. The highest BCUT2D eigenvalue weighted by Gasteiger charge is 2.27. The molecule has 1 aromatic rings. The minimum atomic E-state index is -0.969. The van der Waals surface area contributed by atoms with Gasteiger partial charge >= 0.3 is 12.0 Å². The van der Waals surface area contributed by atoms with Crippen molar-refractivity contribution in [2.45, 2.75) is 25.4 Å². The molecular weight excluding hydrogens is 260 g/mol. The summed E-state index contributed by atoms with van der Waals surface area (Å²) in [6.45, 7) is 0.989. The van der Waals surface area contributed by atoms with E-state index in [0.29, 0.717) is 13.1 Å². The Hall–Kier alpha value is -2.08. The van der Waals surface area contributed by atoms with Crippen LogP contribution in [-0.4, -0.2) is 46.3 Å². The predicted octanol–water partition coefficient (Wildman–Crippen LogP) is 1.05. The summed E-state index contributed by atoms with van der Waals surface area (Å²) < 4.78 is 0. The van der Waals surface area contributed by atoms with Crippen molar-refractivity contribution in [3.05, 3.63) is 35.4 Å². The van der Waals surface area contributed by atoms with Crippen molar-refractivity contribution in [2.24, 2.45) is 0 Å². The Morgan fingerprint density at radius 3 is 2.60 bits per heavy atom. The smallest absolute Gasteiger partial charge is 0.335 e. The molecule has 1 aromatic carbocycles. The van der Waals surface area contributed by atoms with Gasteiger partial charge in [0.2, 0.25) is 0 Å². The lowest BCUT2D eigenvalue weighted by molar-refractivity contribution is 0.0697. The number of benzene rings is 1. The molecule has 0 spiro atoms. The Labute approximate surface area is 117 Å². The Morgan fingerprint density at radius 2 is 2.00 bits per heavy atom. The molecule has 3 N–H and O–H groups in total. The van der Waals surface area contributed by atoms with E-state index in [4.69, 9.17) is 5.11 Å². The van der Waals surface area contributed by atoms with E-state index in [1.54, 1.807) is 17.0 Å². The van der Waals surface area contributed by atoms with Crippen LogP contribution in [0.1, 0.15) is 28.8 Å². The standard InChI is InChI=1S/C14H18N2O4/c17-9-12-2-1-7-16(12)14(20)15-8-10-3-5-11(6-4-10)13(18)19/h3-6,12,17H,1-2,7-9H2,(H,15,20)(H,18,19)/t12-/m0/s1. The first kappa shape index (κ1) is 14.3. The van der Waals surface area contributed by atoms with Gasteiger partial charge in [-0.1, -0.05) is 12.1 Å². The molecule has 1 fully saturated rings. The Morgan fingerprint density at radius 1 is 1.30 bits per heavy atom. The highest BCUT2D eigenvalue weighted by Crippen LogP contribution is 2.16. The summed E-state index contributed by atoms with van der Waals surface area (Å²) in [4.78, 5) is 24.3. The summed E-state index contributed by atoms with van der Waals surface area (Å²) >= 11 is 0. The molecule has 0 unspecified atom stereocenters. The number of likely N-dealkylation sites (tertiary alicyclic amines) is 1. The Balaban J connectivity index is 1.88. The largest absolute Gasteiger partial charge is 0.478 e. The highest BCUT2D eigenvalue weighted by molar-refractivity contribution is 5.87. The van der Waals surface area contributed by atoms with Crippen LogP contribution in [0.15, 0.2) is 24.3 Å². The number of rotatable bonds is 4. The van der Waals surface area contributed by atoms with Crippen molar-refractivity contribution in [3.8, 4) is 0 Å². The quantitative estimate of drug-likeness (QED) is 0.768. The van der Waals surface area contributed by atoms with Crippen molar-refractivity contribution in [1.82, 2.24) is 10.2 Å². The molecule has 1 saturated heterocycles. The highest BCUT2D eigenvalue weighted by atomic mass is 16.4. The van der Waals surface area contributed by atoms with Gasteiger partial charge in [-0.15, -0.1) is 0 Å². The maximum absolute atomic E-state index is 12.0. The van der Waals surface area contributed by atoms with Gasteiger partial charge in [0.1, 0.15) is 0 Å². The SMILES string of the molecule is O=C(O)c1ccc(CNC(=O)N2CCC[C@H]2CO)cc1. The minimum absolute atomic E-state index is 0.0132. The van der Waals surface area contributed by atoms with E-state index in [1.165, 1.54) is 12.1 Å². The number of aliphatic hydroxyl groups is 1. The van der Waals surface area contributed by atoms with Gasteiger partial charge in [0.25, 0.3) is 0 Å². The monoisotopic (exact) mass is 278 g/mol. The molecule has 2 rings (SSSR count). The molecule has 0 bridgehead atoms. The van der Waals surface area contributed by atoms with Crippen LogP contribution in [0.2, 0.25) is 0 Å². The van der Waals surface area contributed by atoms with Gasteiger partial charge < -0.3 is 20.4 Å². The van der Waals surface area contributed by atoms with Crippen LogP contribution in [0.4, 0.5) is 4.79 Å². The van der Waals surface area contributed by atoms with Crippen LogP contribution in [0.25, 0.3) is 0 Å². The zero-order valence-electron chi connectivity index (χ0n) is 11.1. The third kappa shape index (κ3) is 3.27. The molecule has 1 aliphatic rings. The number of aliphatic hydroxyl groups excluding tert-OH is 1. The predicted molar refractivity (Wildman–Crippen MR) is 72.5 cm³/mol. The third-order valence-corrected chi connectivity index (χ3v) is 3.49. The molecule has 0 saturated carbocycles. The number of carbonyl (C=O) groups is 2. The second kappa shape index (κ2) is 6.38. The molecule has 6 heteroatoms. The lowest BCUT2D eigenvalue weighted by Gasteiger charge is -2.23. The molecule has 20 heavy (non-hydrogen) atoms. The minimum Gasteiger partial charge on any atom is -0.478 e. The maximum Gasteiger partial charge on any atom is 0.335 e. The molecular formula is C14H18N2O4. The first-order valence-electron chi connectivity index (χ1n) is 6.59. The molecule has 1 atom stereocenters. The van der Waals surface area contributed by atoms with Gasteiger partial charge in [-0.05, 0) is 30.5 Å². The van der Waals surface area contributed by atoms with Crippen molar-refractivity contribution in [1.29, 1.82) is 0 Å². The summed E-state index contributed by atoms with van der Waals surface area (Å²) in [6, 6.07) is 6.09. The van der Waals surface area contributed by atoms with Crippen LogP contribution in [0.5, 0.6) is 0 Å². The van der Waals surface area contributed by atoms with E-state index in [-0.39, 0.29) is 24.2 Å². The molecule has 0 radical (unpaired) electrons. The molecule has 1 aliphatic heterocycles. The molecule has 6 nitrogen and oxygen atoms in total. The van der Waals surface area contributed by atoms with Gasteiger partial charge in [-0.25, -0.2) is 9.59 Å². The van der Waals surface area contributed by atoms with Crippen molar-refractivity contribution in [2.75, 3.05) is 13.2 Å². The lowest BCUT2D eigenvalue weighted by Crippen LogP contribution is -2.43. The second-order valence-electron chi connectivity index (χ2n) is 4.83. The van der Waals surface area contributed by atoms with Crippen LogP contribution in [0.3, 0.4) is 0 Å². The number of amides is 2. The van der Waals surface area contributed by atoms with Crippen LogP contribution >= 0.6 is 0 Å². The zero-order valence-corrected chi connectivity index (χ0v) is 11.1. The molecule has 2 amide bonds. The van der Waals surface area contributed by atoms with E-state index in [1.807, 2.05) is 0 Å². The summed E-state index contributed by atoms with van der Waals surface area (Å²) in [6.07, 6.45) is 1.74. The molecule has 1 heterocycles. The van der Waals surface area contributed by atoms with Gasteiger partial charge in [-0.2, -0.15) is 0 Å². The van der Waals surface area contributed by atoms with Crippen LogP contribution in [-0.2, 0) is 6.54 Å². The van der Waals surface area contributed by atoms with Crippen molar-refractivity contribution in [3.63, 3.8) is 0 Å². The number of carboxylic acid groups (broad SMARTS) is 1. The van der Waals surface area contributed by atoms with Gasteiger partial charge in [0, 0.05) is 13.1 Å². The maximum atomic E-state index is 12.0. The summed E-state index contributed by atoms with van der Waals surface area (Å²) in [5, 5.41) is 20.8. The first-order valence-corrected chi connectivity index (χ1v) is 6.59. The topological polar surface area (TPSA) is 89.9 Å². The van der Waals surface area contributed by atoms with Crippen molar-refractivity contribution >= 4 is 12.0 Å². The number of hydrogen-bond donors (Lipinski definition) is 3. The molecule has 0 aromatic heterocycles. The number of urea groups is 1. The number of carboxylic acids is 1. The lowest BCUT2D eigenvalue weighted by atomic mass is 10.1. The Kier molecular flexibility index (Phi) is 4.57. The average Bonchev–Trinajstić information content (AvgIpc) is 2.93. The Bertz CT molecular complexity index is 486. The van der Waals surface area contributed by atoms with Crippen molar-refractivity contribution < 1.29 is 19.8 Å². The zero-order chi connectivity index (χ0) is 14.5. The fraction of sp³-hybridized carbons (Fsp3) is 0.429. The van der Waals surface area contributed by atoms with E-state index in [9.17, 15) is 14.7 Å². The van der Waals surface area contributed by atoms with E-state index in [0.717, 1.165) is 18.4 Å². The third-order valence-electron chi connectivity index (χ3n) is 3.49. The van der Waals surface area contributed by atoms with E-state index < -0.39 is 5.97 Å². The fourth-order valence-corrected chi connectivity index (χ4v) is 2.34. The first-order chi connectivity index (χ1) is 9.61.